The number of nitrogens with zero attached hydrogens (tertiary/aromatic N) is 1. The van der Waals surface area contributed by atoms with E-state index in [1.54, 1.807) is 27.7 Å². The van der Waals surface area contributed by atoms with Crippen LogP contribution < -0.4 is 27.0 Å². The minimum absolute atomic E-state index is 0.143. The molecule has 0 aromatic heterocycles. The maximum absolute atomic E-state index is 14.6. The van der Waals surface area contributed by atoms with Gasteiger partial charge >= 0.3 is 24.1 Å². The molecule has 0 heterocycles. The summed E-state index contributed by atoms with van der Waals surface area (Å²) >= 11 is 0. The van der Waals surface area contributed by atoms with Gasteiger partial charge in [-0.05, 0) is 63.6 Å². The third-order valence-corrected chi connectivity index (χ3v) is 9.77. The van der Waals surface area contributed by atoms with Gasteiger partial charge in [0.1, 0.15) is 17.2 Å². The van der Waals surface area contributed by atoms with Crippen LogP contribution in [0.25, 0.3) is 0 Å². The van der Waals surface area contributed by atoms with Crippen LogP contribution in [0.15, 0.2) is 96.2 Å². The van der Waals surface area contributed by atoms with Gasteiger partial charge in [-0.15, -0.1) is 0 Å². The van der Waals surface area contributed by atoms with Crippen molar-refractivity contribution in [2.24, 2.45) is 10.9 Å². The standard InChI is InChI=1S/C48H68N6O10/c1-8-11-29-60-33-39(51-46(59)63-47(5,6)7)43(56)64-54-42(49)38(50-45(58)52-41(34(4)61-30-12-9-2)44(57)62-31-13-10-3)32-40(55)53-48(35-23-17-14-18-24-35,36-25-19-15-20-26-36)37-27-21-16-22-28-37/h14-28,34,38-39,41H,8-13,29-33H2,1-7H3,(H2,49,54)(H,51,59)(H,53,55)(H2,50,52,58)/t34?,38-,39-,41-/m0/s1. The molecule has 3 aromatic rings. The maximum atomic E-state index is 14.6. The van der Waals surface area contributed by atoms with Gasteiger partial charge in [0, 0.05) is 13.2 Å². The average molecular weight is 889 g/mol. The fraction of sp³-hybridized carbons (Fsp3) is 0.500. The van der Waals surface area contributed by atoms with E-state index in [-0.39, 0.29) is 13.2 Å². The first-order valence-electron chi connectivity index (χ1n) is 22.1. The van der Waals surface area contributed by atoms with E-state index >= 15 is 0 Å². The number of urea groups is 1. The van der Waals surface area contributed by atoms with Crippen LogP contribution in [0.2, 0.25) is 0 Å². The number of benzene rings is 3. The van der Waals surface area contributed by atoms with Gasteiger partial charge in [0.25, 0.3) is 0 Å². The van der Waals surface area contributed by atoms with Gasteiger partial charge in [0.05, 0.1) is 25.7 Å². The van der Waals surface area contributed by atoms with Crippen LogP contribution in [0.5, 0.6) is 0 Å². The fourth-order valence-electron chi connectivity index (χ4n) is 6.37. The van der Waals surface area contributed by atoms with Crippen LogP contribution >= 0.6 is 0 Å². The molecule has 0 radical (unpaired) electrons. The lowest BCUT2D eigenvalue weighted by Gasteiger charge is -2.37. The second-order valence-corrected chi connectivity index (χ2v) is 16.3. The van der Waals surface area contributed by atoms with Gasteiger partial charge in [0.15, 0.2) is 17.9 Å². The number of amidine groups is 1. The van der Waals surface area contributed by atoms with E-state index in [0.717, 1.165) is 42.4 Å². The van der Waals surface area contributed by atoms with Crippen molar-refractivity contribution < 1.29 is 47.8 Å². The summed E-state index contributed by atoms with van der Waals surface area (Å²) in [4.78, 5) is 73.2. The summed E-state index contributed by atoms with van der Waals surface area (Å²) < 4.78 is 22.3. The van der Waals surface area contributed by atoms with E-state index in [1.165, 1.54) is 0 Å². The van der Waals surface area contributed by atoms with Gasteiger partial charge < -0.3 is 50.8 Å². The van der Waals surface area contributed by atoms with Gasteiger partial charge in [0.2, 0.25) is 5.91 Å². The van der Waals surface area contributed by atoms with E-state index in [0.29, 0.717) is 26.1 Å². The number of rotatable bonds is 26. The number of alkyl carbamates (subject to hydrolysis) is 1. The number of amides is 4. The van der Waals surface area contributed by atoms with Crippen molar-refractivity contribution in [1.82, 2.24) is 21.3 Å². The highest BCUT2D eigenvalue weighted by molar-refractivity contribution is 5.95. The van der Waals surface area contributed by atoms with E-state index in [4.69, 9.17) is 29.5 Å². The van der Waals surface area contributed by atoms with E-state index in [1.807, 2.05) is 112 Å². The van der Waals surface area contributed by atoms with Crippen molar-refractivity contribution in [3.63, 3.8) is 0 Å². The molecule has 0 fully saturated rings. The van der Waals surface area contributed by atoms with Crippen LogP contribution in [0.1, 0.15) is 110 Å². The molecule has 3 rings (SSSR count). The highest BCUT2D eigenvalue weighted by atomic mass is 16.7. The normalized spacial score (nSPS) is 13.6. The summed E-state index contributed by atoms with van der Waals surface area (Å²) in [5.41, 5.74) is 6.61. The van der Waals surface area contributed by atoms with Crippen LogP contribution in [-0.4, -0.2) is 92.1 Å². The molecule has 16 heteroatoms. The van der Waals surface area contributed by atoms with Gasteiger partial charge in [-0.2, -0.15) is 0 Å². The fourth-order valence-corrected chi connectivity index (χ4v) is 6.37. The maximum Gasteiger partial charge on any atom is 0.408 e. The molecule has 0 aliphatic rings. The molecule has 3 aromatic carbocycles. The monoisotopic (exact) mass is 888 g/mol. The van der Waals surface area contributed by atoms with E-state index in [9.17, 15) is 24.0 Å². The van der Waals surface area contributed by atoms with Gasteiger partial charge in [-0.25, -0.2) is 19.2 Å². The molecule has 4 atom stereocenters. The Bertz CT molecular complexity index is 1810. The number of carbonyl (C=O) groups is 5. The lowest BCUT2D eigenvalue weighted by atomic mass is 9.77. The lowest BCUT2D eigenvalue weighted by molar-refractivity contribution is -0.150. The number of nitrogens with one attached hydrogen (secondary N) is 4. The second-order valence-electron chi connectivity index (χ2n) is 16.3. The first-order valence-corrected chi connectivity index (χ1v) is 22.1. The topological polar surface area (TPSA) is 218 Å². The van der Waals surface area contributed by atoms with Crippen molar-refractivity contribution in [3.05, 3.63) is 108 Å². The number of unbranched alkanes of at least 4 members (excludes halogenated alkanes) is 3. The number of oxime groups is 1. The summed E-state index contributed by atoms with van der Waals surface area (Å²) in [7, 11) is 0. The molecule has 0 bridgehead atoms. The molecule has 0 aliphatic carbocycles. The highest BCUT2D eigenvalue weighted by Crippen LogP contribution is 2.37. The molecule has 0 saturated heterocycles. The molecule has 4 amide bonds. The van der Waals surface area contributed by atoms with Crippen LogP contribution in [0.3, 0.4) is 0 Å². The predicted octanol–water partition coefficient (Wildman–Crippen LogP) is 6.60. The van der Waals surface area contributed by atoms with E-state index < -0.39 is 77.6 Å². The SMILES string of the molecule is CCCCOC[C@H](NC(=O)OC(C)(C)C)C(=O)O/N=C(\N)[C@H](CC(=O)NC(c1ccccc1)(c1ccccc1)c1ccccc1)NC(=O)N[C@H](C(=O)OCCCC)C(C)OCCCC. The third-order valence-electron chi connectivity index (χ3n) is 9.77. The molecule has 64 heavy (non-hydrogen) atoms. The van der Waals surface area contributed by atoms with Crippen LogP contribution in [0.4, 0.5) is 9.59 Å². The zero-order valence-corrected chi connectivity index (χ0v) is 38.4. The first-order chi connectivity index (χ1) is 30.6. The molecular formula is C48H68N6O10. The minimum atomic E-state index is -1.43. The van der Waals surface area contributed by atoms with Crippen molar-refractivity contribution >= 4 is 35.8 Å². The molecule has 6 N–H and O–H groups in total. The Kier molecular flexibility index (Phi) is 22.3. The Morgan fingerprint density at radius 2 is 1.19 bits per heavy atom. The molecule has 1 unspecified atom stereocenters. The molecule has 16 nitrogen and oxygen atoms in total. The molecule has 0 aliphatic heterocycles. The number of esters is 1. The molecule has 350 valence electrons. The third kappa shape index (κ3) is 17.3. The quantitative estimate of drug-likeness (QED) is 0.0110. The second kappa shape index (κ2) is 27.2. The molecule has 0 spiro atoms. The average Bonchev–Trinajstić information content (AvgIpc) is 3.27. The number of ether oxygens (including phenoxy) is 4. The smallest absolute Gasteiger partial charge is 0.408 e. The van der Waals surface area contributed by atoms with Crippen LogP contribution in [0, 0.1) is 0 Å². The Labute approximate surface area is 377 Å². The molecular weight excluding hydrogens is 821 g/mol. The summed E-state index contributed by atoms with van der Waals surface area (Å²) in [6.45, 7) is 13.1. The zero-order valence-electron chi connectivity index (χ0n) is 38.4. The predicted molar refractivity (Wildman–Crippen MR) is 244 cm³/mol. The van der Waals surface area contributed by atoms with Gasteiger partial charge in [-0.3, -0.25) is 4.79 Å². The number of carbonyl (C=O) groups excluding carboxylic acids is 5. The van der Waals surface area contributed by atoms with Gasteiger partial charge in [-0.1, -0.05) is 136 Å². The number of nitrogens with two attached hydrogens (primary N) is 1. The first kappa shape index (κ1) is 52.3. The Balaban J connectivity index is 2.04. The zero-order chi connectivity index (χ0) is 47.0. The Hall–Kier alpha value is -6.00. The summed E-state index contributed by atoms with van der Waals surface area (Å²) in [5.74, 6) is -2.84. The minimum Gasteiger partial charge on any atom is -0.464 e. The van der Waals surface area contributed by atoms with Crippen molar-refractivity contribution in [2.45, 2.75) is 129 Å². The lowest BCUT2D eigenvalue weighted by Crippen LogP contribution is -2.57. The molecule has 0 saturated carbocycles. The Morgan fingerprint density at radius 1 is 0.672 bits per heavy atom. The van der Waals surface area contributed by atoms with E-state index in [2.05, 4.69) is 26.4 Å². The largest absolute Gasteiger partial charge is 0.464 e. The summed E-state index contributed by atoms with van der Waals surface area (Å²) in [5, 5.41) is 14.8. The van der Waals surface area contributed by atoms with Crippen molar-refractivity contribution in [2.75, 3.05) is 26.4 Å². The van der Waals surface area contributed by atoms with Crippen molar-refractivity contribution in [1.29, 1.82) is 0 Å². The van der Waals surface area contributed by atoms with Crippen LogP contribution in [-0.2, 0) is 43.7 Å². The Morgan fingerprint density at radius 3 is 1.70 bits per heavy atom. The highest BCUT2D eigenvalue weighted by Gasteiger charge is 2.39. The summed E-state index contributed by atoms with van der Waals surface area (Å²) in [6.07, 6.45) is 2.31. The van der Waals surface area contributed by atoms with Crippen molar-refractivity contribution in [3.8, 4) is 0 Å². The number of hydrogen-bond acceptors (Lipinski definition) is 11. The number of hydrogen-bond donors (Lipinski definition) is 5. The summed E-state index contributed by atoms with van der Waals surface area (Å²) in [6, 6.07) is 23.3.